The second-order valence-electron chi connectivity index (χ2n) is 5.58. The average molecular weight is 314 g/mol. The number of rotatable bonds is 7. The van der Waals surface area contributed by atoms with Crippen molar-refractivity contribution in [2.75, 3.05) is 30.4 Å². The van der Waals surface area contributed by atoms with E-state index in [0.717, 1.165) is 6.54 Å². The van der Waals surface area contributed by atoms with Crippen molar-refractivity contribution in [3.8, 4) is 0 Å². The molecule has 7 heteroatoms. The quantitative estimate of drug-likeness (QED) is 0.720. The number of thiazole rings is 1. The highest BCUT2D eigenvalue weighted by Crippen LogP contribution is 2.46. The number of carbonyl (C=O) groups excluding carboxylic acids is 1. The third-order valence-corrected chi connectivity index (χ3v) is 5.78. The first kappa shape index (κ1) is 15.4. The molecule has 1 aliphatic carbocycles. The summed E-state index contributed by atoms with van der Waals surface area (Å²) in [6.07, 6.45) is 4.44. The van der Waals surface area contributed by atoms with E-state index in [0.29, 0.717) is 28.3 Å². The molecule has 0 atom stereocenters. The Balaban J connectivity index is 1.92. The Morgan fingerprint density at radius 2 is 2.25 bits per heavy atom. The van der Waals surface area contributed by atoms with Gasteiger partial charge < -0.3 is 16.4 Å². The monoisotopic (exact) mass is 314 g/mol. The topological polar surface area (TPSA) is 80.0 Å². The molecule has 0 bridgehead atoms. The summed E-state index contributed by atoms with van der Waals surface area (Å²) in [5.74, 6) is 0.722. The van der Waals surface area contributed by atoms with E-state index < -0.39 is 0 Å². The lowest BCUT2D eigenvalue weighted by Crippen LogP contribution is -2.31. The van der Waals surface area contributed by atoms with E-state index in [1.165, 1.54) is 24.2 Å². The second kappa shape index (κ2) is 6.22. The van der Waals surface area contributed by atoms with E-state index in [-0.39, 0.29) is 10.7 Å². The van der Waals surface area contributed by atoms with Crippen LogP contribution in [0.3, 0.4) is 0 Å². The molecule has 112 valence electrons. The Hall–Kier alpha value is -0.950. The molecule has 1 amide bonds. The summed E-state index contributed by atoms with van der Waals surface area (Å²) in [6.45, 7) is 5.77. The smallest absolute Gasteiger partial charge is 0.265 e. The van der Waals surface area contributed by atoms with Gasteiger partial charge in [0, 0.05) is 17.8 Å². The average Bonchev–Trinajstić information content (AvgIpc) is 3.10. The first-order valence-corrected chi connectivity index (χ1v) is 8.83. The number of aromatic nitrogens is 1. The predicted octanol–water partition coefficient (Wildman–Crippen LogP) is 2.42. The fraction of sp³-hybridized carbons (Fsp3) is 0.692. The van der Waals surface area contributed by atoms with Crippen LogP contribution in [-0.4, -0.2) is 35.0 Å². The lowest BCUT2D eigenvalue weighted by atomic mass is 10.2. The lowest BCUT2D eigenvalue weighted by molar-refractivity contribution is 0.0957. The molecular formula is C13H22N4OS2. The summed E-state index contributed by atoms with van der Waals surface area (Å²) < 4.78 is 0.258. The summed E-state index contributed by atoms with van der Waals surface area (Å²) in [4.78, 5) is 16.9. The number of carbonyl (C=O) groups is 1. The standard InChI is InChI=1S/C13H22N4OS2/c1-8(2)6-15-12-17-10(14)9(20-12)11(18)16-7-13(19-3)4-5-13/h8H,4-7,14H2,1-3H3,(H,15,17)(H,16,18). The molecule has 4 N–H and O–H groups in total. The zero-order valence-electron chi connectivity index (χ0n) is 12.2. The van der Waals surface area contributed by atoms with Gasteiger partial charge in [0.2, 0.25) is 0 Å². The summed E-state index contributed by atoms with van der Waals surface area (Å²) in [5, 5.41) is 6.89. The Labute approximate surface area is 128 Å². The van der Waals surface area contributed by atoms with E-state index in [1.54, 1.807) is 0 Å². The Bertz CT molecular complexity index is 483. The number of nitrogen functional groups attached to an aromatic ring is 1. The molecule has 1 saturated carbocycles. The molecule has 1 aromatic heterocycles. The van der Waals surface area contributed by atoms with E-state index >= 15 is 0 Å². The van der Waals surface area contributed by atoms with Crippen LogP contribution in [0.2, 0.25) is 0 Å². The predicted molar refractivity (Wildman–Crippen MR) is 87.7 cm³/mol. The van der Waals surface area contributed by atoms with Crippen molar-refractivity contribution >= 4 is 40.0 Å². The van der Waals surface area contributed by atoms with Crippen LogP contribution >= 0.6 is 23.1 Å². The third-order valence-electron chi connectivity index (χ3n) is 3.33. The number of hydrogen-bond acceptors (Lipinski definition) is 6. The van der Waals surface area contributed by atoms with Crippen molar-refractivity contribution in [1.29, 1.82) is 0 Å². The Morgan fingerprint density at radius 1 is 1.55 bits per heavy atom. The SMILES string of the molecule is CSC1(CNC(=O)c2sc(NCC(C)C)nc2N)CC1. The Morgan fingerprint density at radius 3 is 2.80 bits per heavy atom. The highest BCUT2D eigenvalue weighted by Gasteiger charge is 2.42. The van der Waals surface area contributed by atoms with Crippen molar-refractivity contribution < 1.29 is 4.79 Å². The zero-order valence-corrected chi connectivity index (χ0v) is 13.8. The van der Waals surface area contributed by atoms with Gasteiger partial charge in [-0.2, -0.15) is 11.8 Å². The van der Waals surface area contributed by atoms with E-state index in [4.69, 9.17) is 5.73 Å². The van der Waals surface area contributed by atoms with Gasteiger partial charge in [-0.05, 0) is 25.0 Å². The summed E-state index contributed by atoms with van der Waals surface area (Å²) in [6, 6.07) is 0. The maximum Gasteiger partial charge on any atom is 0.265 e. The molecule has 1 fully saturated rings. The van der Waals surface area contributed by atoms with Crippen LogP contribution < -0.4 is 16.4 Å². The van der Waals surface area contributed by atoms with E-state index in [1.807, 2.05) is 11.8 Å². The van der Waals surface area contributed by atoms with Crippen LogP contribution in [0.5, 0.6) is 0 Å². The van der Waals surface area contributed by atoms with E-state index in [9.17, 15) is 4.79 Å². The van der Waals surface area contributed by atoms with Gasteiger partial charge >= 0.3 is 0 Å². The number of nitrogens with zero attached hydrogens (tertiary/aromatic N) is 1. The molecule has 0 unspecified atom stereocenters. The largest absolute Gasteiger partial charge is 0.382 e. The molecule has 2 rings (SSSR count). The van der Waals surface area contributed by atoms with Gasteiger partial charge in [-0.15, -0.1) is 0 Å². The van der Waals surface area contributed by atoms with Crippen LogP contribution in [0.25, 0.3) is 0 Å². The number of nitrogens with two attached hydrogens (primary N) is 1. The van der Waals surface area contributed by atoms with Crippen LogP contribution in [-0.2, 0) is 0 Å². The van der Waals surface area contributed by atoms with Crippen LogP contribution in [0.4, 0.5) is 10.9 Å². The molecule has 1 aromatic rings. The van der Waals surface area contributed by atoms with Gasteiger partial charge in [-0.3, -0.25) is 4.79 Å². The number of thioether (sulfide) groups is 1. The third kappa shape index (κ3) is 3.79. The number of nitrogens with one attached hydrogen (secondary N) is 2. The summed E-state index contributed by atoms with van der Waals surface area (Å²) in [5.41, 5.74) is 5.83. The molecule has 1 heterocycles. The van der Waals surface area contributed by atoms with Crippen LogP contribution in [0, 0.1) is 5.92 Å². The van der Waals surface area contributed by atoms with Gasteiger partial charge in [0.1, 0.15) is 10.7 Å². The highest BCUT2D eigenvalue weighted by atomic mass is 32.2. The molecule has 0 aliphatic heterocycles. The first-order valence-electron chi connectivity index (χ1n) is 6.79. The maximum atomic E-state index is 12.1. The zero-order chi connectivity index (χ0) is 14.8. The van der Waals surface area contributed by atoms with Gasteiger partial charge in [0.25, 0.3) is 5.91 Å². The molecule has 5 nitrogen and oxygen atoms in total. The lowest BCUT2D eigenvalue weighted by Gasteiger charge is -2.12. The van der Waals surface area contributed by atoms with Gasteiger partial charge in [-0.25, -0.2) is 4.98 Å². The van der Waals surface area contributed by atoms with Crippen LogP contribution in [0.1, 0.15) is 36.4 Å². The molecule has 1 aliphatic rings. The van der Waals surface area contributed by atoms with Crippen molar-refractivity contribution in [3.05, 3.63) is 4.88 Å². The number of hydrogen-bond donors (Lipinski definition) is 3. The maximum absolute atomic E-state index is 12.1. The minimum atomic E-state index is -0.113. The van der Waals surface area contributed by atoms with Crippen molar-refractivity contribution in [3.63, 3.8) is 0 Å². The minimum absolute atomic E-state index is 0.113. The fourth-order valence-electron chi connectivity index (χ4n) is 1.78. The molecule has 0 aromatic carbocycles. The van der Waals surface area contributed by atoms with Gasteiger partial charge in [0.05, 0.1) is 0 Å². The number of anilines is 2. The van der Waals surface area contributed by atoms with Gasteiger partial charge in [0.15, 0.2) is 5.13 Å². The fourth-order valence-corrected chi connectivity index (χ4v) is 3.31. The molecule has 0 spiro atoms. The van der Waals surface area contributed by atoms with Gasteiger partial charge in [-0.1, -0.05) is 25.2 Å². The first-order chi connectivity index (χ1) is 9.46. The highest BCUT2D eigenvalue weighted by molar-refractivity contribution is 8.00. The van der Waals surface area contributed by atoms with E-state index in [2.05, 4.69) is 35.7 Å². The Kier molecular flexibility index (Phi) is 4.80. The second-order valence-corrected chi connectivity index (χ2v) is 7.85. The molecule has 20 heavy (non-hydrogen) atoms. The van der Waals surface area contributed by atoms with Crippen molar-refractivity contribution in [1.82, 2.24) is 10.3 Å². The summed E-state index contributed by atoms with van der Waals surface area (Å²) in [7, 11) is 0. The van der Waals surface area contributed by atoms with Crippen molar-refractivity contribution in [2.24, 2.45) is 5.92 Å². The normalized spacial score (nSPS) is 16.2. The molecule has 0 radical (unpaired) electrons. The molecular weight excluding hydrogens is 292 g/mol. The number of amides is 1. The molecule has 0 saturated heterocycles. The minimum Gasteiger partial charge on any atom is -0.382 e. The van der Waals surface area contributed by atoms with Crippen LogP contribution in [0.15, 0.2) is 0 Å². The van der Waals surface area contributed by atoms with Crippen molar-refractivity contribution in [2.45, 2.75) is 31.4 Å². The summed E-state index contributed by atoms with van der Waals surface area (Å²) >= 11 is 3.15.